The molecular weight excluding hydrogens is 337 g/mol. The normalized spacial score (nSPS) is 16.2. The van der Waals surface area contributed by atoms with Gasteiger partial charge in [0.25, 0.3) is 6.01 Å². The van der Waals surface area contributed by atoms with E-state index in [2.05, 4.69) is 11.1 Å². The van der Waals surface area contributed by atoms with E-state index in [1.165, 1.54) is 5.56 Å². The van der Waals surface area contributed by atoms with Crippen LogP contribution in [0.3, 0.4) is 0 Å². The molecule has 0 unspecified atom stereocenters. The number of hydrogen-bond acceptors (Lipinski definition) is 4. The van der Waals surface area contributed by atoms with Gasteiger partial charge in [0.15, 0.2) is 5.69 Å². The monoisotopic (exact) mass is 354 g/mol. The molecule has 3 rings (SSSR count). The van der Waals surface area contributed by atoms with Gasteiger partial charge in [-0.05, 0) is 31.2 Å². The summed E-state index contributed by atoms with van der Waals surface area (Å²) in [6, 6.07) is 7.86. The summed E-state index contributed by atoms with van der Waals surface area (Å²) in [5.74, 6) is -2.63. The molecule has 25 heavy (non-hydrogen) atoms. The second kappa shape index (κ2) is 6.42. The van der Waals surface area contributed by atoms with Crippen LogP contribution in [0.4, 0.5) is 19.2 Å². The maximum absolute atomic E-state index is 12.9. The highest BCUT2D eigenvalue weighted by Crippen LogP contribution is 2.36. The predicted octanol–water partition coefficient (Wildman–Crippen LogP) is 4.08. The van der Waals surface area contributed by atoms with E-state index in [9.17, 15) is 18.0 Å². The van der Waals surface area contributed by atoms with Gasteiger partial charge in [0.2, 0.25) is 5.76 Å². The number of aromatic carboxylic acids is 1. The Morgan fingerprint density at radius 1 is 1.32 bits per heavy atom. The van der Waals surface area contributed by atoms with Crippen molar-refractivity contribution < 1.29 is 27.5 Å². The van der Waals surface area contributed by atoms with Crippen molar-refractivity contribution in [3.8, 4) is 0 Å². The van der Waals surface area contributed by atoms with Crippen LogP contribution < -0.4 is 4.90 Å². The molecule has 1 aromatic heterocycles. The van der Waals surface area contributed by atoms with Crippen molar-refractivity contribution in [2.24, 2.45) is 0 Å². The van der Waals surface area contributed by atoms with Gasteiger partial charge in [-0.15, -0.1) is 0 Å². The summed E-state index contributed by atoms with van der Waals surface area (Å²) in [5, 5.41) is 8.91. The molecule has 134 valence electrons. The highest BCUT2D eigenvalue weighted by molar-refractivity contribution is 5.86. The summed E-state index contributed by atoms with van der Waals surface area (Å²) in [6.07, 6.45) is -3.40. The third-order valence-corrected chi connectivity index (χ3v) is 4.36. The average Bonchev–Trinajstić information content (AvgIpc) is 3.01. The molecular formula is C17H17F3N2O3. The summed E-state index contributed by atoms with van der Waals surface area (Å²) in [6.45, 7) is 2.92. The van der Waals surface area contributed by atoms with Gasteiger partial charge in [0.1, 0.15) is 0 Å². The number of alkyl halides is 3. The van der Waals surface area contributed by atoms with Crippen LogP contribution in [0.2, 0.25) is 0 Å². The van der Waals surface area contributed by atoms with Crippen LogP contribution in [0.5, 0.6) is 0 Å². The topological polar surface area (TPSA) is 66.6 Å². The second-order valence-corrected chi connectivity index (χ2v) is 6.15. The molecule has 0 saturated carbocycles. The number of carboxylic acids is 1. The molecule has 1 aliphatic heterocycles. The first-order valence-electron chi connectivity index (χ1n) is 7.88. The number of rotatable bonds is 3. The van der Waals surface area contributed by atoms with Crippen molar-refractivity contribution >= 4 is 12.0 Å². The van der Waals surface area contributed by atoms with Gasteiger partial charge in [-0.2, -0.15) is 18.2 Å². The summed E-state index contributed by atoms with van der Waals surface area (Å²) in [4.78, 5) is 15.9. The molecule has 1 aromatic carbocycles. The van der Waals surface area contributed by atoms with Crippen molar-refractivity contribution in [2.45, 2.75) is 31.9 Å². The molecule has 1 aliphatic rings. The van der Waals surface area contributed by atoms with Crippen LogP contribution >= 0.6 is 0 Å². The van der Waals surface area contributed by atoms with E-state index in [1.54, 1.807) is 4.90 Å². The number of aromatic nitrogens is 1. The molecule has 2 aromatic rings. The maximum Gasteiger partial charge on any atom is 0.437 e. The van der Waals surface area contributed by atoms with Crippen molar-refractivity contribution in [2.75, 3.05) is 18.0 Å². The first kappa shape index (κ1) is 17.3. The van der Waals surface area contributed by atoms with E-state index in [4.69, 9.17) is 9.52 Å². The van der Waals surface area contributed by atoms with Crippen LogP contribution in [-0.4, -0.2) is 29.1 Å². The Kier molecular flexibility index (Phi) is 4.45. The van der Waals surface area contributed by atoms with Crippen molar-refractivity contribution in [3.63, 3.8) is 0 Å². The van der Waals surface area contributed by atoms with Crippen LogP contribution in [0.15, 0.2) is 28.7 Å². The zero-order chi connectivity index (χ0) is 18.2. The molecule has 1 fully saturated rings. The minimum Gasteiger partial charge on any atom is -0.475 e. The SMILES string of the molecule is Cc1cccc(C2CCN(c3nc(C(F)(F)F)c(C(=O)O)o3)CC2)c1. The number of nitrogens with zero attached hydrogens (tertiary/aromatic N) is 2. The number of oxazole rings is 1. The lowest BCUT2D eigenvalue weighted by atomic mass is 9.89. The smallest absolute Gasteiger partial charge is 0.437 e. The Labute approximate surface area is 142 Å². The van der Waals surface area contributed by atoms with Gasteiger partial charge in [0.05, 0.1) is 0 Å². The number of piperidine rings is 1. The van der Waals surface area contributed by atoms with Crippen LogP contribution in [-0.2, 0) is 6.18 Å². The Bertz CT molecular complexity index is 778. The van der Waals surface area contributed by atoms with E-state index >= 15 is 0 Å². The third kappa shape index (κ3) is 3.62. The molecule has 5 nitrogen and oxygen atoms in total. The van der Waals surface area contributed by atoms with Crippen molar-refractivity contribution in [1.29, 1.82) is 0 Å². The number of halogens is 3. The van der Waals surface area contributed by atoms with Crippen LogP contribution in [0, 0.1) is 6.92 Å². The molecule has 0 bridgehead atoms. The lowest BCUT2D eigenvalue weighted by molar-refractivity contribution is -0.141. The second-order valence-electron chi connectivity index (χ2n) is 6.15. The van der Waals surface area contributed by atoms with Crippen molar-refractivity contribution in [3.05, 3.63) is 46.8 Å². The zero-order valence-electron chi connectivity index (χ0n) is 13.5. The van der Waals surface area contributed by atoms with E-state index in [1.807, 2.05) is 25.1 Å². The third-order valence-electron chi connectivity index (χ3n) is 4.36. The summed E-state index contributed by atoms with van der Waals surface area (Å²) in [7, 11) is 0. The van der Waals surface area contributed by atoms with Gasteiger partial charge in [-0.1, -0.05) is 29.8 Å². The molecule has 1 saturated heterocycles. The minimum atomic E-state index is -4.87. The van der Waals surface area contributed by atoms with Gasteiger partial charge < -0.3 is 14.4 Å². The van der Waals surface area contributed by atoms with Gasteiger partial charge >= 0.3 is 12.1 Å². The fourth-order valence-corrected chi connectivity index (χ4v) is 3.11. The van der Waals surface area contributed by atoms with Gasteiger partial charge in [-0.3, -0.25) is 0 Å². The van der Waals surface area contributed by atoms with Gasteiger partial charge in [-0.25, -0.2) is 4.79 Å². The highest BCUT2D eigenvalue weighted by atomic mass is 19.4. The number of aryl methyl sites for hydroxylation is 1. The lowest BCUT2D eigenvalue weighted by Gasteiger charge is -2.31. The zero-order valence-corrected chi connectivity index (χ0v) is 13.5. The highest BCUT2D eigenvalue weighted by Gasteiger charge is 2.42. The summed E-state index contributed by atoms with van der Waals surface area (Å²) >= 11 is 0. The first-order chi connectivity index (χ1) is 11.8. The predicted molar refractivity (Wildman–Crippen MR) is 83.8 cm³/mol. The number of carboxylic acid groups (broad SMARTS) is 1. The van der Waals surface area contributed by atoms with E-state index in [-0.39, 0.29) is 6.01 Å². The van der Waals surface area contributed by atoms with E-state index in [0.29, 0.717) is 19.0 Å². The molecule has 1 N–H and O–H groups in total. The number of anilines is 1. The molecule has 0 aliphatic carbocycles. The van der Waals surface area contributed by atoms with Crippen LogP contribution in [0.25, 0.3) is 0 Å². The van der Waals surface area contributed by atoms with E-state index in [0.717, 1.165) is 18.4 Å². The average molecular weight is 354 g/mol. The Balaban J connectivity index is 1.76. The van der Waals surface area contributed by atoms with Crippen LogP contribution in [0.1, 0.15) is 46.1 Å². The fraction of sp³-hybridized carbons (Fsp3) is 0.412. The molecule has 0 spiro atoms. The Hall–Kier alpha value is -2.51. The number of hydrogen-bond donors (Lipinski definition) is 1. The maximum atomic E-state index is 12.9. The number of carbonyl (C=O) groups is 1. The summed E-state index contributed by atoms with van der Waals surface area (Å²) < 4.78 is 43.6. The fourth-order valence-electron chi connectivity index (χ4n) is 3.11. The first-order valence-corrected chi connectivity index (χ1v) is 7.88. The molecule has 0 atom stereocenters. The largest absolute Gasteiger partial charge is 0.475 e. The minimum absolute atomic E-state index is 0.285. The Morgan fingerprint density at radius 3 is 2.52 bits per heavy atom. The lowest BCUT2D eigenvalue weighted by Crippen LogP contribution is -2.33. The molecule has 0 amide bonds. The number of benzene rings is 1. The molecule has 8 heteroatoms. The van der Waals surface area contributed by atoms with Gasteiger partial charge in [0, 0.05) is 13.1 Å². The van der Waals surface area contributed by atoms with Crippen molar-refractivity contribution in [1.82, 2.24) is 4.98 Å². The quantitative estimate of drug-likeness (QED) is 0.899. The van der Waals surface area contributed by atoms with E-state index < -0.39 is 23.6 Å². The standard InChI is InChI=1S/C17H17F3N2O3/c1-10-3-2-4-12(9-10)11-5-7-22(8-6-11)16-21-14(17(18,19)20)13(25-16)15(23)24/h2-4,9,11H,5-8H2,1H3,(H,23,24). The molecule has 0 radical (unpaired) electrons. The Morgan fingerprint density at radius 2 is 2.00 bits per heavy atom. The summed E-state index contributed by atoms with van der Waals surface area (Å²) in [5.41, 5.74) is 0.874. The molecule has 2 heterocycles.